The molecule has 3 aliphatic rings. The van der Waals surface area contributed by atoms with Crippen LogP contribution in [0.3, 0.4) is 0 Å². The first-order valence-electron chi connectivity index (χ1n) is 12.8. The molecule has 0 spiro atoms. The van der Waals surface area contributed by atoms with Crippen molar-refractivity contribution in [3.63, 3.8) is 0 Å². The third-order valence-corrected chi connectivity index (χ3v) is 8.11. The van der Waals surface area contributed by atoms with Gasteiger partial charge in [-0.3, -0.25) is 0 Å². The second-order valence-electron chi connectivity index (χ2n) is 10.4. The van der Waals surface area contributed by atoms with E-state index in [9.17, 15) is 18.7 Å². The molecule has 2 saturated heterocycles. The third kappa shape index (κ3) is 4.46. The van der Waals surface area contributed by atoms with Gasteiger partial charge in [0.2, 0.25) is 0 Å². The average Bonchev–Trinajstić information content (AvgIpc) is 3.36. The van der Waals surface area contributed by atoms with Gasteiger partial charge in [-0.05, 0) is 59.6 Å². The summed E-state index contributed by atoms with van der Waals surface area (Å²) in [7, 11) is 0. The molecule has 7 heteroatoms. The van der Waals surface area contributed by atoms with Crippen LogP contribution in [0.25, 0.3) is 11.1 Å². The molecule has 3 aromatic rings. The normalized spacial score (nSPS) is 24.2. The molecule has 2 fully saturated rings. The Hall–Kier alpha value is -3.45. The predicted molar refractivity (Wildman–Crippen MR) is 135 cm³/mol. The number of hydrogen-bond donors (Lipinski definition) is 1. The monoisotopic (exact) mass is 505 g/mol. The number of piperidine rings is 1. The van der Waals surface area contributed by atoms with Crippen molar-refractivity contribution in [2.45, 2.75) is 62.3 Å². The molecule has 0 saturated carbocycles. The van der Waals surface area contributed by atoms with Crippen LogP contribution < -0.4 is 4.74 Å². The van der Waals surface area contributed by atoms with Crippen LogP contribution in [0.4, 0.5) is 13.6 Å². The minimum atomic E-state index is -2.93. The van der Waals surface area contributed by atoms with E-state index >= 15 is 0 Å². The topological polar surface area (TPSA) is 59.0 Å². The highest BCUT2D eigenvalue weighted by Gasteiger charge is 2.50. The van der Waals surface area contributed by atoms with Crippen molar-refractivity contribution in [3.8, 4) is 16.9 Å². The van der Waals surface area contributed by atoms with Gasteiger partial charge in [0.25, 0.3) is 0 Å². The summed E-state index contributed by atoms with van der Waals surface area (Å²) in [4.78, 5) is 15.1. The van der Waals surface area contributed by atoms with Gasteiger partial charge in [-0.15, -0.1) is 0 Å². The maximum absolute atomic E-state index is 13.3. The molecule has 6 rings (SSSR count). The molecule has 1 amide bonds. The number of nitrogens with zero attached hydrogens (tertiary/aromatic N) is 1. The molecule has 1 N–H and O–H groups in total. The molecule has 3 aromatic carbocycles. The molecule has 0 radical (unpaired) electrons. The van der Waals surface area contributed by atoms with Crippen molar-refractivity contribution in [1.82, 2.24) is 4.90 Å². The van der Waals surface area contributed by atoms with E-state index in [0.717, 1.165) is 24.0 Å². The van der Waals surface area contributed by atoms with Gasteiger partial charge in [0.15, 0.2) is 0 Å². The largest absolute Gasteiger partial charge is 0.448 e. The van der Waals surface area contributed by atoms with Gasteiger partial charge in [-0.1, -0.05) is 66.7 Å². The van der Waals surface area contributed by atoms with Crippen molar-refractivity contribution in [1.29, 1.82) is 0 Å². The Labute approximate surface area is 214 Å². The molecule has 2 heterocycles. The van der Waals surface area contributed by atoms with Gasteiger partial charge in [-0.2, -0.15) is 8.78 Å². The van der Waals surface area contributed by atoms with Gasteiger partial charge in [0.05, 0.1) is 5.60 Å². The van der Waals surface area contributed by atoms with Crippen LogP contribution in [0.1, 0.15) is 48.3 Å². The van der Waals surface area contributed by atoms with E-state index in [1.165, 1.54) is 17.2 Å². The molecule has 2 atom stereocenters. The van der Waals surface area contributed by atoms with E-state index in [4.69, 9.17) is 4.74 Å². The second-order valence-corrected chi connectivity index (χ2v) is 10.4. The summed E-state index contributed by atoms with van der Waals surface area (Å²) < 4.78 is 36.3. The summed E-state index contributed by atoms with van der Waals surface area (Å²) in [5.74, 6) is 0.0688. The van der Waals surface area contributed by atoms with E-state index in [1.807, 2.05) is 24.3 Å². The van der Waals surface area contributed by atoms with Gasteiger partial charge < -0.3 is 19.5 Å². The number of benzene rings is 3. The molecular formula is C30H29F2NO4. The molecule has 37 heavy (non-hydrogen) atoms. The fraction of sp³-hybridized carbons (Fsp3) is 0.367. The minimum absolute atomic E-state index is 0.0120. The third-order valence-electron chi connectivity index (χ3n) is 8.11. The quantitative estimate of drug-likeness (QED) is 0.437. The Morgan fingerprint density at radius 1 is 0.919 bits per heavy atom. The standard InChI is InChI=1S/C30H29F2NO4/c31-28(32)37-27-12-6-1-7-19(27)15-30(35)16-20-13-14-21(17-30)33(20)29(34)36-18-26-24-10-4-2-8-22(24)23-9-3-5-11-25(23)26/h1-12,20-21,26,28,35H,13-18H2. The average molecular weight is 506 g/mol. The van der Waals surface area contributed by atoms with Crippen LogP contribution in [0.5, 0.6) is 5.75 Å². The van der Waals surface area contributed by atoms with Crippen molar-refractivity contribution in [3.05, 3.63) is 89.5 Å². The van der Waals surface area contributed by atoms with Crippen LogP contribution >= 0.6 is 0 Å². The van der Waals surface area contributed by atoms with E-state index in [1.54, 1.807) is 23.1 Å². The molecule has 2 bridgehead atoms. The van der Waals surface area contributed by atoms with Crippen LogP contribution in [0.15, 0.2) is 72.8 Å². The van der Waals surface area contributed by atoms with Crippen LogP contribution in [0.2, 0.25) is 0 Å². The summed E-state index contributed by atoms with van der Waals surface area (Å²) in [6.07, 6.45) is 2.16. The number of rotatable bonds is 6. The van der Waals surface area contributed by atoms with Crippen LogP contribution in [-0.2, 0) is 11.2 Å². The van der Waals surface area contributed by atoms with Gasteiger partial charge in [0, 0.05) is 24.4 Å². The van der Waals surface area contributed by atoms with Gasteiger partial charge in [0.1, 0.15) is 12.4 Å². The van der Waals surface area contributed by atoms with E-state index in [0.29, 0.717) is 18.4 Å². The van der Waals surface area contributed by atoms with Crippen LogP contribution in [-0.4, -0.2) is 47.0 Å². The lowest BCUT2D eigenvalue weighted by Gasteiger charge is -2.43. The number of para-hydroxylation sites is 1. The first-order chi connectivity index (χ1) is 17.9. The lowest BCUT2D eigenvalue weighted by atomic mass is 9.81. The SMILES string of the molecule is O=C(OCC1c2ccccc2-c2ccccc21)N1C2CCC1CC(O)(Cc1ccccc1OC(F)F)C2. The van der Waals surface area contributed by atoms with Crippen LogP contribution in [0, 0.1) is 0 Å². The molecule has 5 nitrogen and oxygen atoms in total. The maximum atomic E-state index is 13.3. The predicted octanol–water partition coefficient (Wildman–Crippen LogP) is 6.14. The lowest BCUT2D eigenvalue weighted by molar-refractivity contribution is -0.0578. The van der Waals surface area contributed by atoms with Crippen molar-refractivity contribution >= 4 is 6.09 Å². The number of ether oxygens (including phenoxy) is 2. The fourth-order valence-corrected chi connectivity index (χ4v) is 6.65. The molecular weight excluding hydrogens is 476 g/mol. The molecule has 0 aromatic heterocycles. The molecule has 2 aliphatic heterocycles. The smallest absolute Gasteiger partial charge is 0.410 e. The number of fused-ring (bicyclic) bond motifs is 5. The van der Waals surface area contributed by atoms with Gasteiger partial charge >= 0.3 is 12.7 Å². The summed E-state index contributed by atoms with van der Waals surface area (Å²) in [6, 6.07) is 22.7. The Morgan fingerprint density at radius 3 is 2.11 bits per heavy atom. The highest BCUT2D eigenvalue weighted by molar-refractivity contribution is 5.79. The van der Waals surface area contributed by atoms with Crippen molar-refractivity contribution < 1.29 is 28.2 Å². The minimum Gasteiger partial charge on any atom is -0.448 e. The van der Waals surface area contributed by atoms with Crippen molar-refractivity contribution in [2.24, 2.45) is 0 Å². The number of carbonyl (C=O) groups excluding carboxylic acids is 1. The zero-order chi connectivity index (χ0) is 25.6. The Bertz CT molecular complexity index is 1250. The first kappa shape index (κ1) is 23.9. The maximum Gasteiger partial charge on any atom is 0.410 e. The Morgan fingerprint density at radius 2 is 1.49 bits per heavy atom. The Balaban J connectivity index is 1.14. The van der Waals surface area contributed by atoms with Gasteiger partial charge in [-0.25, -0.2) is 4.79 Å². The zero-order valence-electron chi connectivity index (χ0n) is 20.4. The lowest BCUT2D eigenvalue weighted by Crippen LogP contribution is -2.54. The summed E-state index contributed by atoms with van der Waals surface area (Å²) in [5.41, 5.74) is 4.12. The Kier molecular flexibility index (Phi) is 6.11. The first-order valence-corrected chi connectivity index (χ1v) is 12.8. The van der Waals surface area contributed by atoms with E-state index < -0.39 is 12.2 Å². The highest BCUT2D eigenvalue weighted by atomic mass is 19.3. The second kappa shape index (κ2) is 9.45. The molecule has 192 valence electrons. The number of amides is 1. The molecule has 2 unspecified atom stereocenters. The van der Waals surface area contributed by atoms with E-state index in [2.05, 4.69) is 29.0 Å². The number of aliphatic hydroxyl groups is 1. The molecule has 1 aliphatic carbocycles. The number of hydrogen-bond acceptors (Lipinski definition) is 4. The van der Waals surface area contributed by atoms with E-state index in [-0.39, 0.29) is 42.9 Å². The number of alkyl halides is 2. The highest BCUT2D eigenvalue weighted by Crippen LogP contribution is 2.46. The zero-order valence-corrected chi connectivity index (χ0v) is 20.4. The number of carbonyl (C=O) groups is 1. The summed E-state index contributed by atoms with van der Waals surface area (Å²) in [6.45, 7) is -2.67. The number of halogens is 2. The van der Waals surface area contributed by atoms with Crippen molar-refractivity contribution in [2.75, 3.05) is 6.61 Å². The summed E-state index contributed by atoms with van der Waals surface area (Å²) >= 11 is 0. The fourth-order valence-electron chi connectivity index (χ4n) is 6.65. The summed E-state index contributed by atoms with van der Waals surface area (Å²) in [5, 5.41) is 11.5.